The first-order chi connectivity index (χ1) is 15.8. The Hall–Kier alpha value is -3.77. The molecule has 2 heterocycles. The van der Waals surface area contributed by atoms with Crippen molar-refractivity contribution in [2.75, 3.05) is 0 Å². The molecule has 0 unspecified atom stereocenters. The highest BCUT2D eigenvalue weighted by atomic mass is 32.1. The third-order valence-electron chi connectivity index (χ3n) is 5.86. The number of benzene rings is 3. The van der Waals surface area contributed by atoms with Crippen molar-refractivity contribution in [2.45, 2.75) is 27.7 Å². The highest BCUT2D eigenvalue weighted by Crippen LogP contribution is 2.32. The number of fused-ring (bicyclic) bond motifs is 1. The molecule has 1 aromatic heterocycles. The predicted octanol–water partition coefficient (Wildman–Crippen LogP) is 4.07. The van der Waals surface area contributed by atoms with E-state index in [2.05, 4.69) is 4.99 Å². The van der Waals surface area contributed by atoms with E-state index in [9.17, 15) is 9.90 Å². The number of aromatic hydroxyl groups is 1. The van der Waals surface area contributed by atoms with Crippen molar-refractivity contribution < 1.29 is 9.90 Å². The van der Waals surface area contributed by atoms with E-state index in [0.29, 0.717) is 20.6 Å². The average Bonchev–Trinajstić information content (AvgIpc) is 3.26. The van der Waals surface area contributed by atoms with Crippen LogP contribution in [0.2, 0.25) is 0 Å². The van der Waals surface area contributed by atoms with Gasteiger partial charge in [0.25, 0.3) is 5.91 Å². The number of rotatable bonds is 3. The fourth-order valence-corrected chi connectivity index (χ4v) is 5.31. The average molecular weight is 454 g/mol. The Morgan fingerprint density at radius 1 is 0.909 bits per heavy atom. The van der Waals surface area contributed by atoms with Crippen molar-refractivity contribution >= 4 is 28.5 Å². The molecule has 0 radical (unpaired) electrons. The van der Waals surface area contributed by atoms with Crippen LogP contribution < -0.4 is 15.4 Å². The van der Waals surface area contributed by atoms with E-state index in [-0.39, 0.29) is 11.8 Å². The van der Waals surface area contributed by atoms with Crippen LogP contribution in [0.15, 0.2) is 70.6 Å². The Balaban J connectivity index is 1.89. The maximum absolute atomic E-state index is 13.0. The Morgan fingerprint density at radius 3 is 2.33 bits per heavy atom. The predicted molar refractivity (Wildman–Crippen MR) is 131 cm³/mol. The monoisotopic (exact) mass is 453 g/mol. The second-order valence-electron chi connectivity index (χ2n) is 8.33. The molecule has 5 nitrogen and oxygen atoms in total. The van der Waals surface area contributed by atoms with Gasteiger partial charge in [0.05, 0.1) is 22.3 Å². The number of aromatic nitrogens is 1. The van der Waals surface area contributed by atoms with Crippen LogP contribution in [0, 0.1) is 27.7 Å². The molecule has 3 aromatic carbocycles. The topological polar surface area (TPSA) is 66.9 Å². The minimum Gasteiger partial charge on any atom is -0.493 e. The zero-order chi connectivity index (χ0) is 23.3. The van der Waals surface area contributed by atoms with Gasteiger partial charge in [0.1, 0.15) is 4.88 Å². The van der Waals surface area contributed by atoms with Crippen LogP contribution in [0.1, 0.15) is 27.1 Å². The lowest BCUT2D eigenvalue weighted by atomic mass is 10.1. The molecule has 1 aliphatic heterocycles. The van der Waals surface area contributed by atoms with Crippen molar-refractivity contribution in [3.8, 4) is 11.6 Å². The summed E-state index contributed by atoms with van der Waals surface area (Å²) in [5.74, 6) is -0.346. The Labute approximate surface area is 195 Å². The van der Waals surface area contributed by atoms with E-state index in [4.69, 9.17) is 4.99 Å². The fraction of sp³-hybridized carbons (Fsp3) is 0.148. The van der Waals surface area contributed by atoms with Gasteiger partial charge in [-0.3, -0.25) is 9.36 Å². The summed E-state index contributed by atoms with van der Waals surface area (Å²) in [5, 5.41) is 12.9. The van der Waals surface area contributed by atoms with Crippen LogP contribution in [0.3, 0.4) is 0 Å². The normalized spacial score (nSPS) is 13.4. The number of hydrogen-bond donors (Lipinski definition) is 1. The molecular weight excluding hydrogens is 430 g/mol. The lowest BCUT2D eigenvalue weighted by Gasteiger charge is -2.09. The lowest BCUT2D eigenvalue weighted by molar-refractivity contribution is -0.112. The van der Waals surface area contributed by atoms with Crippen molar-refractivity contribution in [1.29, 1.82) is 0 Å². The summed E-state index contributed by atoms with van der Waals surface area (Å²) in [5.41, 5.74) is 6.05. The van der Waals surface area contributed by atoms with Gasteiger partial charge in [-0.1, -0.05) is 59.4 Å². The molecule has 0 saturated heterocycles. The van der Waals surface area contributed by atoms with E-state index in [1.54, 1.807) is 4.57 Å². The van der Waals surface area contributed by atoms with E-state index in [0.717, 1.165) is 38.8 Å². The first kappa shape index (κ1) is 21.1. The highest BCUT2D eigenvalue weighted by Gasteiger charge is 2.27. The standard InChI is InChI=1S/C27H23N3O2S/c1-15-13-18(4)23-19(14-15)22(25(31)29-23)24-26(32)30(21-12-8-6-10-17(21)3)27(33-24)28-20-11-7-5-9-16(20)2/h5-14,32H,1-4H3. The number of carbonyl (C=O) groups is 1. The molecule has 1 aliphatic rings. The van der Waals surface area contributed by atoms with Crippen LogP contribution in [-0.2, 0) is 4.79 Å². The molecule has 4 aromatic rings. The summed E-state index contributed by atoms with van der Waals surface area (Å²) in [4.78, 5) is 23.3. The highest BCUT2D eigenvalue weighted by molar-refractivity contribution is 7.11. The molecule has 0 saturated carbocycles. The van der Waals surface area contributed by atoms with Crippen LogP contribution >= 0.6 is 11.3 Å². The van der Waals surface area contributed by atoms with Crippen molar-refractivity contribution in [3.05, 3.63) is 103 Å². The minimum atomic E-state index is -0.338. The molecule has 0 atom stereocenters. The SMILES string of the molecule is Cc1cc(C)c2c(c1)=C(c1sc(=Nc3ccccc3C)n(-c3ccccc3C)c1O)C(=O)N=2. The largest absolute Gasteiger partial charge is 0.493 e. The summed E-state index contributed by atoms with van der Waals surface area (Å²) in [6, 6.07) is 19.6. The van der Waals surface area contributed by atoms with Gasteiger partial charge in [0, 0.05) is 5.22 Å². The van der Waals surface area contributed by atoms with Gasteiger partial charge in [0.15, 0.2) is 4.80 Å². The van der Waals surface area contributed by atoms with Gasteiger partial charge in [-0.05, 0) is 62.6 Å². The van der Waals surface area contributed by atoms with Crippen molar-refractivity contribution in [2.24, 2.45) is 9.98 Å². The number of amides is 1. The maximum Gasteiger partial charge on any atom is 0.279 e. The second-order valence-corrected chi connectivity index (χ2v) is 9.31. The number of carbonyl (C=O) groups excluding carboxylic acids is 1. The van der Waals surface area contributed by atoms with Crippen molar-refractivity contribution in [3.63, 3.8) is 0 Å². The molecule has 1 N–H and O–H groups in total. The molecular formula is C27H23N3O2S. The van der Waals surface area contributed by atoms with Crippen LogP contribution in [0.25, 0.3) is 11.3 Å². The zero-order valence-corrected chi connectivity index (χ0v) is 19.7. The Morgan fingerprint density at radius 2 is 1.61 bits per heavy atom. The quantitative estimate of drug-likeness (QED) is 0.508. The lowest BCUT2D eigenvalue weighted by Crippen LogP contribution is -2.26. The molecule has 1 amide bonds. The van der Waals surface area contributed by atoms with Crippen LogP contribution in [0.5, 0.6) is 5.88 Å². The molecule has 6 heteroatoms. The maximum atomic E-state index is 13.0. The summed E-state index contributed by atoms with van der Waals surface area (Å²) >= 11 is 1.30. The first-order valence-corrected chi connectivity index (χ1v) is 11.5. The molecule has 5 rings (SSSR count). The van der Waals surface area contributed by atoms with Gasteiger partial charge < -0.3 is 5.11 Å². The van der Waals surface area contributed by atoms with Gasteiger partial charge in [-0.15, -0.1) is 0 Å². The molecule has 0 fully saturated rings. The first-order valence-electron chi connectivity index (χ1n) is 10.7. The minimum absolute atomic E-state index is 0.00723. The second kappa shape index (κ2) is 7.98. The number of nitrogens with zero attached hydrogens (tertiary/aromatic N) is 3. The molecule has 0 spiro atoms. The molecule has 0 bridgehead atoms. The fourth-order valence-electron chi connectivity index (χ4n) is 4.22. The third-order valence-corrected chi connectivity index (χ3v) is 6.90. The third kappa shape index (κ3) is 3.52. The van der Waals surface area contributed by atoms with E-state index < -0.39 is 0 Å². The van der Waals surface area contributed by atoms with E-state index in [1.807, 2.05) is 88.4 Å². The zero-order valence-electron chi connectivity index (χ0n) is 18.9. The number of hydrogen-bond acceptors (Lipinski definition) is 4. The van der Waals surface area contributed by atoms with Gasteiger partial charge in [-0.2, -0.15) is 0 Å². The van der Waals surface area contributed by atoms with Crippen LogP contribution in [0.4, 0.5) is 5.69 Å². The number of aryl methyl sites for hydroxylation is 4. The van der Waals surface area contributed by atoms with Gasteiger partial charge >= 0.3 is 0 Å². The Bertz CT molecular complexity index is 1640. The van der Waals surface area contributed by atoms with Gasteiger partial charge in [-0.25, -0.2) is 9.98 Å². The molecule has 33 heavy (non-hydrogen) atoms. The summed E-state index contributed by atoms with van der Waals surface area (Å²) < 4.78 is 1.72. The summed E-state index contributed by atoms with van der Waals surface area (Å²) in [7, 11) is 0. The number of para-hydroxylation sites is 2. The molecule has 164 valence electrons. The van der Waals surface area contributed by atoms with Crippen molar-refractivity contribution in [1.82, 2.24) is 4.57 Å². The summed E-state index contributed by atoms with van der Waals surface area (Å²) in [6.45, 7) is 7.93. The van der Waals surface area contributed by atoms with E-state index >= 15 is 0 Å². The Kier molecular flexibility index (Phi) is 5.10. The smallest absolute Gasteiger partial charge is 0.279 e. The number of thiazole rings is 1. The summed E-state index contributed by atoms with van der Waals surface area (Å²) in [6.07, 6.45) is 0. The van der Waals surface area contributed by atoms with E-state index in [1.165, 1.54) is 11.3 Å². The van der Waals surface area contributed by atoms with Gasteiger partial charge in [0.2, 0.25) is 5.88 Å². The molecule has 0 aliphatic carbocycles. The van der Waals surface area contributed by atoms with Crippen LogP contribution in [-0.4, -0.2) is 15.6 Å².